The van der Waals surface area contributed by atoms with Gasteiger partial charge in [-0.05, 0) is 30.1 Å². The van der Waals surface area contributed by atoms with Crippen molar-refractivity contribution in [2.45, 2.75) is 51.3 Å². The van der Waals surface area contributed by atoms with Crippen LogP contribution in [0, 0.1) is 23.2 Å². The molecule has 0 unspecified atom stereocenters. The molecule has 3 heterocycles. The summed E-state index contributed by atoms with van der Waals surface area (Å²) in [5.74, 6) is -4.59. The van der Waals surface area contributed by atoms with Gasteiger partial charge in [-0.1, -0.05) is 13.8 Å². The molecule has 2 aliphatic heterocycles. The summed E-state index contributed by atoms with van der Waals surface area (Å²) in [5.41, 5.74) is -0.893. The average molecular weight is 571 g/mol. The first kappa shape index (κ1) is 28.3. The smallest absolute Gasteiger partial charge is 0.356 e. The lowest BCUT2D eigenvalue weighted by atomic mass is 9.94. The number of carbonyl (C=O) groups excluding carboxylic acids is 4. The minimum Gasteiger partial charge on any atom is -0.356 e. The van der Waals surface area contributed by atoms with Crippen molar-refractivity contribution in [3.8, 4) is 0 Å². The third-order valence-electron chi connectivity index (χ3n) is 7.47. The fourth-order valence-electron chi connectivity index (χ4n) is 5.38. The molecule has 4 rings (SSSR count). The molecule has 2 N–H and O–H groups in total. The zero-order valence-electron chi connectivity index (χ0n) is 20.1. The molecule has 16 heteroatoms. The SMILES string of the molecule is CC1(C)[C@@H]2[C@@H](C(=O)N[C@@H](C[C@@H]3CCNC3=O)C(=O)COC(F)(F)F)N(C(=O)c3csc(C(F)(F)F)n3)C[C@@H]21. The van der Waals surface area contributed by atoms with Gasteiger partial charge in [0.1, 0.15) is 18.3 Å². The van der Waals surface area contributed by atoms with Crippen LogP contribution in [0.5, 0.6) is 0 Å². The van der Waals surface area contributed by atoms with E-state index in [1.165, 1.54) is 0 Å². The van der Waals surface area contributed by atoms with Gasteiger partial charge in [0, 0.05) is 24.4 Å². The van der Waals surface area contributed by atoms with E-state index in [0.717, 1.165) is 10.3 Å². The van der Waals surface area contributed by atoms with Crippen LogP contribution in [-0.4, -0.2) is 71.5 Å². The summed E-state index contributed by atoms with van der Waals surface area (Å²) in [6.07, 6.45) is -9.84. The number of carbonyl (C=O) groups is 4. The van der Waals surface area contributed by atoms with Gasteiger partial charge < -0.3 is 15.5 Å². The van der Waals surface area contributed by atoms with E-state index in [1.54, 1.807) is 0 Å². The van der Waals surface area contributed by atoms with E-state index >= 15 is 0 Å². The lowest BCUT2D eigenvalue weighted by Crippen LogP contribution is -2.54. The van der Waals surface area contributed by atoms with Crippen molar-refractivity contribution >= 4 is 34.8 Å². The van der Waals surface area contributed by atoms with Gasteiger partial charge in [0.15, 0.2) is 10.8 Å². The number of fused-ring (bicyclic) bond motifs is 1. The molecule has 1 aliphatic carbocycles. The Labute approximate surface area is 216 Å². The number of thiazole rings is 1. The second kappa shape index (κ2) is 9.77. The monoisotopic (exact) mass is 570 g/mol. The van der Waals surface area contributed by atoms with Gasteiger partial charge in [0.25, 0.3) is 5.91 Å². The summed E-state index contributed by atoms with van der Waals surface area (Å²) < 4.78 is 80.2. The number of alkyl halides is 6. The molecule has 3 aliphatic rings. The molecule has 38 heavy (non-hydrogen) atoms. The first-order chi connectivity index (χ1) is 17.5. The molecule has 0 aromatic carbocycles. The normalized spacial score (nSPS) is 27.1. The van der Waals surface area contributed by atoms with Gasteiger partial charge in [0.2, 0.25) is 11.8 Å². The zero-order chi connectivity index (χ0) is 28.2. The van der Waals surface area contributed by atoms with Crippen LogP contribution < -0.4 is 10.6 Å². The molecule has 210 valence electrons. The molecule has 5 atom stereocenters. The zero-order valence-corrected chi connectivity index (χ0v) is 20.9. The van der Waals surface area contributed by atoms with Gasteiger partial charge >= 0.3 is 12.5 Å². The van der Waals surface area contributed by atoms with Crippen LogP contribution in [0.4, 0.5) is 26.3 Å². The molecule has 3 fully saturated rings. The lowest BCUT2D eigenvalue weighted by Gasteiger charge is -2.31. The van der Waals surface area contributed by atoms with Crippen LogP contribution in [0.25, 0.3) is 0 Å². The van der Waals surface area contributed by atoms with E-state index in [9.17, 15) is 45.5 Å². The molecule has 0 bridgehead atoms. The lowest BCUT2D eigenvalue weighted by molar-refractivity contribution is -0.321. The van der Waals surface area contributed by atoms with Crippen molar-refractivity contribution in [1.29, 1.82) is 0 Å². The van der Waals surface area contributed by atoms with Gasteiger partial charge in [-0.25, -0.2) is 4.98 Å². The maximum atomic E-state index is 13.4. The molecule has 2 saturated heterocycles. The first-order valence-electron chi connectivity index (χ1n) is 11.7. The first-order valence-corrected chi connectivity index (χ1v) is 12.5. The Morgan fingerprint density at radius 3 is 2.50 bits per heavy atom. The quantitative estimate of drug-likeness (QED) is 0.464. The maximum Gasteiger partial charge on any atom is 0.522 e. The summed E-state index contributed by atoms with van der Waals surface area (Å²) in [4.78, 5) is 55.6. The van der Waals surface area contributed by atoms with Gasteiger partial charge in [0.05, 0.1) is 6.04 Å². The van der Waals surface area contributed by atoms with Crippen LogP contribution in [0.1, 0.15) is 42.2 Å². The van der Waals surface area contributed by atoms with Crippen molar-refractivity contribution < 1.29 is 50.3 Å². The Kier molecular flexibility index (Phi) is 7.27. The van der Waals surface area contributed by atoms with Crippen LogP contribution in [0.15, 0.2) is 5.38 Å². The topological polar surface area (TPSA) is 118 Å². The van der Waals surface area contributed by atoms with E-state index in [4.69, 9.17) is 0 Å². The highest BCUT2D eigenvalue weighted by molar-refractivity contribution is 7.10. The van der Waals surface area contributed by atoms with Crippen LogP contribution in [-0.2, 0) is 25.3 Å². The second-order valence-corrected chi connectivity index (χ2v) is 11.0. The number of hydrogen-bond donors (Lipinski definition) is 2. The number of nitrogens with one attached hydrogen (secondary N) is 2. The van der Waals surface area contributed by atoms with Crippen molar-refractivity contribution in [3.63, 3.8) is 0 Å². The summed E-state index contributed by atoms with van der Waals surface area (Å²) in [6, 6.07) is -2.72. The standard InChI is InChI=1S/C22H24F6N4O5S/c1-20(2)10-6-32(18(36)12-8-38-19(31-12)21(23,24)25)15(14(10)20)17(35)30-11(5-9-3-4-29-16(9)34)13(33)7-37-22(26,27)28/h8-11,14-15H,3-7H2,1-2H3,(H,29,34)(H,30,35)/t9-,10-,11-,14-,15-/m0/s1. The Morgan fingerprint density at radius 1 is 1.26 bits per heavy atom. The summed E-state index contributed by atoms with van der Waals surface area (Å²) in [5, 5.41) is 4.65. The van der Waals surface area contributed by atoms with E-state index in [2.05, 4.69) is 20.4 Å². The maximum absolute atomic E-state index is 13.4. The number of Topliss-reactive ketones (excluding diaryl/α,β-unsaturated/α-hetero) is 1. The molecular formula is C22H24F6N4O5S. The van der Waals surface area contributed by atoms with Crippen molar-refractivity contribution in [2.75, 3.05) is 19.7 Å². The predicted octanol–water partition coefficient (Wildman–Crippen LogP) is 2.38. The number of hydrogen-bond acceptors (Lipinski definition) is 7. The Morgan fingerprint density at radius 2 is 1.95 bits per heavy atom. The molecule has 1 aromatic rings. The highest BCUT2D eigenvalue weighted by Crippen LogP contribution is 2.65. The number of aromatic nitrogens is 1. The molecule has 0 spiro atoms. The number of amides is 3. The summed E-state index contributed by atoms with van der Waals surface area (Å²) in [6.45, 7) is 2.64. The predicted molar refractivity (Wildman–Crippen MR) is 117 cm³/mol. The van der Waals surface area contributed by atoms with Crippen LogP contribution >= 0.6 is 11.3 Å². The molecule has 1 saturated carbocycles. The number of ketones is 1. The van der Waals surface area contributed by atoms with Gasteiger partial charge in [-0.2, -0.15) is 13.2 Å². The molecule has 1 aromatic heterocycles. The number of rotatable bonds is 8. The van der Waals surface area contributed by atoms with Gasteiger partial charge in [-0.3, -0.25) is 23.9 Å². The van der Waals surface area contributed by atoms with Crippen molar-refractivity contribution in [2.24, 2.45) is 23.2 Å². The molecule has 9 nitrogen and oxygen atoms in total. The van der Waals surface area contributed by atoms with Crippen LogP contribution in [0.2, 0.25) is 0 Å². The molecule has 0 radical (unpaired) electrons. The molecule has 3 amide bonds. The number of piperidine rings is 1. The Bertz CT molecular complexity index is 1140. The largest absolute Gasteiger partial charge is 0.522 e. The third-order valence-corrected chi connectivity index (χ3v) is 8.36. The fourth-order valence-corrected chi connectivity index (χ4v) is 6.04. The second-order valence-electron chi connectivity index (χ2n) is 10.2. The van der Waals surface area contributed by atoms with Crippen molar-refractivity contribution in [3.05, 3.63) is 16.1 Å². The average Bonchev–Trinajstić information content (AvgIpc) is 3.35. The Balaban J connectivity index is 1.54. The van der Waals surface area contributed by atoms with E-state index in [1.807, 2.05) is 13.8 Å². The molecular weight excluding hydrogens is 546 g/mol. The minimum absolute atomic E-state index is 0.0499. The Hall–Kier alpha value is -2.75. The number of ether oxygens (including phenoxy) is 1. The minimum atomic E-state index is -5.10. The van der Waals surface area contributed by atoms with E-state index < -0.39 is 82.7 Å². The summed E-state index contributed by atoms with van der Waals surface area (Å²) in [7, 11) is 0. The highest BCUT2D eigenvalue weighted by Gasteiger charge is 2.69. The van der Waals surface area contributed by atoms with E-state index in [0.29, 0.717) is 13.0 Å². The number of halogens is 6. The highest BCUT2D eigenvalue weighted by atomic mass is 32.1. The third kappa shape index (κ3) is 5.65. The number of nitrogens with zero attached hydrogens (tertiary/aromatic N) is 2. The van der Waals surface area contributed by atoms with Crippen LogP contribution in [0.3, 0.4) is 0 Å². The van der Waals surface area contributed by atoms with E-state index in [-0.39, 0.29) is 30.2 Å². The van der Waals surface area contributed by atoms with Crippen molar-refractivity contribution in [1.82, 2.24) is 20.5 Å². The summed E-state index contributed by atoms with van der Waals surface area (Å²) >= 11 is 0.232. The number of likely N-dealkylation sites (tertiary alicyclic amines) is 1. The fraction of sp³-hybridized carbons (Fsp3) is 0.682. The van der Waals surface area contributed by atoms with Gasteiger partial charge in [-0.15, -0.1) is 24.5 Å².